The highest BCUT2D eigenvalue weighted by Gasteiger charge is 2.03. The van der Waals surface area contributed by atoms with E-state index in [0.29, 0.717) is 17.8 Å². The number of nitrogens with zero attached hydrogens (tertiary/aromatic N) is 1. The third kappa shape index (κ3) is 4.44. The zero-order valence-corrected chi connectivity index (χ0v) is 13.4. The molecule has 0 aromatic heterocycles. The van der Waals surface area contributed by atoms with Gasteiger partial charge in [0.15, 0.2) is 5.96 Å². The summed E-state index contributed by atoms with van der Waals surface area (Å²) < 4.78 is 4.67. The maximum atomic E-state index is 11.4. The van der Waals surface area contributed by atoms with E-state index in [2.05, 4.69) is 9.73 Å². The molecule has 0 radical (unpaired) electrons. The molecular weight excluding hydrogens is 304 g/mol. The summed E-state index contributed by atoms with van der Waals surface area (Å²) in [5.41, 5.74) is 20.5. The Morgan fingerprint density at radius 2 is 1.71 bits per heavy atom. The Bertz CT molecular complexity index is 776. The van der Waals surface area contributed by atoms with E-state index in [1.54, 1.807) is 12.1 Å². The summed E-state index contributed by atoms with van der Waals surface area (Å²) in [7, 11) is 1.36. The molecule has 0 aliphatic heterocycles. The molecule has 6 N–H and O–H groups in total. The van der Waals surface area contributed by atoms with Gasteiger partial charge in [-0.25, -0.2) is 9.79 Å². The number of carbonyl (C=O) groups is 1. The molecule has 124 valence electrons. The van der Waals surface area contributed by atoms with Gasteiger partial charge in [-0.05, 0) is 41.0 Å². The molecule has 0 unspecified atom stereocenters. The molecule has 6 heteroatoms. The summed E-state index contributed by atoms with van der Waals surface area (Å²) in [5.74, 6) is -0.355. The minimum absolute atomic E-state index is 0.00121. The molecule has 24 heavy (non-hydrogen) atoms. The van der Waals surface area contributed by atoms with Crippen LogP contribution >= 0.6 is 0 Å². The quantitative estimate of drug-likeness (QED) is 0.336. The third-order valence-corrected chi connectivity index (χ3v) is 3.37. The van der Waals surface area contributed by atoms with Crippen LogP contribution in [0.4, 0.5) is 5.69 Å². The number of guanidine groups is 1. The molecule has 0 heterocycles. The molecule has 0 spiro atoms. The van der Waals surface area contributed by atoms with Gasteiger partial charge >= 0.3 is 5.97 Å². The Morgan fingerprint density at radius 3 is 2.29 bits per heavy atom. The topological polar surface area (TPSA) is 117 Å². The number of ether oxygens (including phenoxy) is 1. The minimum atomic E-state index is -0.353. The highest BCUT2D eigenvalue weighted by atomic mass is 16.5. The van der Waals surface area contributed by atoms with Crippen molar-refractivity contribution >= 4 is 29.8 Å². The third-order valence-electron chi connectivity index (χ3n) is 3.37. The second kappa shape index (κ2) is 7.94. The van der Waals surface area contributed by atoms with E-state index in [1.165, 1.54) is 7.11 Å². The highest BCUT2D eigenvalue weighted by Crippen LogP contribution is 2.21. The van der Waals surface area contributed by atoms with Crippen molar-refractivity contribution in [3.05, 3.63) is 64.7 Å². The van der Waals surface area contributed by atoms with Crippen LogP contribution in [0.3, 0.4) is 0 Å². The lowest BCUT2D eigenvalue weighted by Crippen LogP contribution is -2.22. The zero-order valence-electron chi connectivity index (χ0n) is 13.4. The van der Waals surface area contributed by atoms with Crippen molar-refractivity contribution in [2.45, 2.75) is 6.54 Å². The van der Waals surface area contributed by atoms with E-state index in [4.69, 9.17) is 17.2 Å². The van der Waals surface area contributed by atoms with E-state index in [9.17, 15) is 4.79 Å². The molecule has 2 rings (SSSR count). The maximum Gasteiger partial charge on any atom is 0.337 e. The molecule has 0 aliphatic carbocycles. The monoisotopic (exact) mass is 324 g/mol. The molecular formula is C18H20N4O2. The largest absolute Gasteiger partial charge is 0.465 e. The summed E-state index contributed by atoms with van der Waals surface area (Å²) in [6, 6.07) is 12.8. The molecule has 2 aromatic rings. The molecule has 0 fully saturated rings. The van der Waals surface area contributed by atoms with E-state index in [-0.39, 0.29) is 11.9 Å². The van der Waals surface area contributed by atoms with Gasteiger partial charge in [0.2, 0.25) is 0 Å². The lowest BCUT2D eigenvalue weighted by molar-refractivity contribution is 0.0600. The van der Waals surface area contributed by atoms with Gasteiger partial charge in [0.25, 0.3) is 0 Å². The molecule has 0 bridgehead atoms. The fraction of sp³-hybridized carbons (Fsp3) is 0.111. The fourth-order valence-electron chi connectivity index (χ4n) is 2.16. The van der Waals surface area contributed by atoms with Gasteiger partial charge in [0.05, 0.1) is 18.4 Å². The predicted molar refractivity (Wildman–Crippen MR) is 96.5 cm³/mol. The molecule has 0 amide bonds. The Morgan fingerprint density at radius 1 is 1.08 bits per heavy atom. The molecule has 0 atom stereocenters. The van der Waals surface area contributed by atoms with Crippen molar-refractivity contribution in [2.24, 2.45) is 22.2 Å². The number of rotatable bonds is 5. The summed E-state index contributed by atoms with van der Waals surface area (Å²) in [4.78, 5) is 15.5. The highest BCUT2D eigenvalue weighted by molar-refractivity contribution is 5.89. The van der Waals surface area contributed by atoms with E-state index >= 15 is 0 Å². The van der Waals surface area contributed by atoms with Gasteiger partial charge in [-0.3, -0.25) is 0 Å². The number of carbonyl (C=O) groups excluding carboxylic acids is 1. The second-order valence-electron chi connectivity index (χ2n) is 5.08. The number of hydrogen-bond donors (Lipinski definition) is 3. The van der Waals surface area contributed by atoms with E-state index in [1.807, 2.05) is 42.5 Å². The average Bonchev–Trinajstić information content (AvgIpc) is 2.60. The lowest BCUT2D eigenvalue weighted by Gasteiger charge is -2.05. The van der Waals surface area contributed by atoms with Crippen LogP contribution in [0.5, 0.6) is 0 Å². The standard InChI is InChI=1S/C18H20N4O2/c1-24-17(23)14-7-4-12(5-8-14)2-3-13-6-9-16(22-18(20)21)15(10-13)11-19/h2-10H,11,19H2,1H3,(H4,20,21,22). The second-order valence-corrected chi connectivity index (χ2v) is 5.08. The molecule has 0 saturated heterocycles. The van der Waals surface area contributed by atoms with Gasteiger partial charge in [-0.15, -0.1) is 0 Å². The molecule has 6 nitrogen and oxygen atoms in total. The van der Waals surface area contributed by atoms with Crippen molar-refractivity contribution in [3.63, 3.8) is 0 Å². The maximum absolute atomic E-state index is 11.4. The van der Waals surface area contributed by atoms with Crippen LogP contribution in [0.2, 0.25) is 0 Å². The van der Waals surface area contributed by atoms with E-state index in [0.717, 1.165) is 16.7 Å². The SMILES string of the molecule is COC(=O)c1ccc(C=Cc2ccc(N=C(N)N)c(CN)c2)cc1. The number of methoxy groups -OCH3 is 1. The molecule has 2 aromatic carbocycles. The Hall–Kier alpha value is -3.12. The van der Waals surface area contributed by atoms with Crippen LogP contribution in [0.25, 0.3) is 12.2 Å². The first-order valence-corrected chi connectivity index (χ1v) is 7.32. The summed E-state index contributed by atoms with van der Waals surface area (Å²) in [6.07, 6.45) is 3.89. The van der Waals surface area contributed by atoms with Crippen molar-refractivity contribution in [1.29, 1.82) is 0 Å². The smallest absolute Gasteiger partial charge is 0.337 e. The van der Waals surface area contributed by atoms with Crippen LogP contribution in [-0.2, 0) is 11.3 Å². The van der Waals surface area contributed by atoms with Crippen LogP contribution in [0.1, 0.15) is 27.0 Å². The van der Waals surface area contributed by atoms with Gasteiger partial charge in [0, 0.05) is 6.54 Å². The van der Waals surface area contributed by atoms with Crippen molar-refractivity contribution < 1.29 is 9.53 Å². The van der Waals surface area contributed by atoms with Crippen LogP contribution in [0, 0.1) is 0 Å². The van der Waals surface area contributed by atoms with Gasteiger partial charge in [-0.1, -0.05) is 30.4 Å². The average molecular weight is 324 g/mol. The normalized spacial score (nSPS) is 10.6. The van der Waals surface area contributed by atoms with Crippen LogP contribution in [-0.4, -0.2) is 19.0 Å². The van der Waals surface area contributed by atoms with Crippen LogP contribution in [0.15, 0.2) is 47.5 Å². The summed E-state index contributed by atoms with van der Waals surface area (Å²) in [5, 5.41) is 0. The summed E-state index contributed by atoms with van der Waals surface area (Å²) in [6.45, 7) is 0.335. The van der Waals surface area contributed by atoms with E-state index < -0.39 is 0 Å². The minimum Gasteiger partial charge on any atom is -0.465 e. The molecule has 0 aliphatic rings. The van der Waals surface area contributed by atoms with Crippen molar-refractivity contribution in [3.8, 4) is 0 Å². The first kappa shape index (κ1) is 17.2. The number of aliphatic imine (C=N–C) groups is 1. The fourth-order valence-corrected chi connectivity index (χ4v) is 2.16. The van der Waals surface area contributed by atoms with Crippen LogP contribution < -0.4 is 17.2 Å². The predicted octanol–water partition coefficient (Wildman–Crippen LogP) is 2.01. The number of esters is 1. The zero-order chi connectivity index (χ0) is 17.5. The summed E-state index contributed by atoms with van der Waals surface area (Å²) >= 11 is 0. The van der Waals surface area contributed by atoms with Gasteiger partial charge in [0.1, 0.15) is 0 Å². The van der Waals surface area contributed by atoms with Crippen molar-refractivity contribution in [1.82, 2.24) is 0 Å². The number of hydrogen-bond acceptors (Lipinski definition) is 4. The van der Waals surface area contributed by atoms with Gasteiger partial charge < -0.3 is 21.9 Å². The number of nitrogens with two attached hydrogens (primary N) is 3. The van der Waals surface area contributed by atoms with Crippen molar-refractivity contribution in [2.75, 3.05) is 7.11 Å². The first-order chi connectivity index (χ1) is 11.5. The Labute approximate surface area is 140 Å². The Kier molecular flexibility index (Phi) is 5.70. The van der Waals surface area contributed by atoms with Gasteiger partial charge in [-0.2, -0.15) is 0 Å². The first-order valence-electron chi connectivity index (χ1n) is 7.32. The lowest BCUT2D eigenvalue weighted by atomic mass is 10.1. The molecule has 0 saturated carbocycles. The number of benzene rings is 2. The Balaban J connectivity index is 2.19.